The minimum Gasteiger partial charge on any atom is -0.437 e. The van der Waals surface area contributed by atoms with E-state index in [0.717, 1.165) is 50.1 Å². The summed E-state index contributed by atoms with van der Waals surface area (Å²) < 4.78 is 8.39. The van der Waals surface area contributed by atoms with Crippen LogP contribution in [0.1, 0.15) is 11.3 Å². The molecule has 0 fully saturated rings. The molecule has 0 spiro atoms. The van der Waals surface area contributed by atoms with Crippen molar-refractivity contribution in [2.45, 2.75) is 13.8 Å². The normalized spacial score (nSPS) is 11.4. The third kappa shape index (κ3) is 2.57. The molecule has 0 saturated carbocycles. The van der Waals surface area contributed by atoms with Gasteiger partial charge in [0.05, 0.1) is 11.3 Å². The Morgan fingerprint density at radius 1 is 0.929 bits per heavy atom. The highest BCUT2D eigenvalue weighted by molar-refractivity contribution is 6.08. The lowest BCUT2D eigenvalue weighted by Crippen LogP contribution is -2.30. The summed E-state index contributed by atoms with van der Waals surface area (Å²) in [6.45, 7) is 4.10. The van der Waals surface area contributed by atoms with Gasteiger partial charge < -0.3 is 4.42 Å². The number of pyridine rings is 3. The van der Waals surface area contributed by atoms with Crippen LogP contribution in [0, 0.1) is 13.8 Å². The highest BCUT2D eigenvalue weighted by atomic mass is 16.3. The maximum absolute atomic E-state index is 6.26. The first-order chi connectivity index (χ1) is 13.6. The molecule has 0 bridgehead atoms. The summed E-state index contributed by atoms with van der Waals surface area (Å²) >= 11 is 0. The van der Waals surface area contributed by atoms with Gasteiger partial charge in [-0.2, -0.15) is 0 Å². The van der Waals surface area contributed by atoms with Gasteiger partial charge in [-0.05, 0) is 43.7 Å². The minimum absolute atomic E-state index is 0.686. The van der Waals surface area contributed by atoms with Crippen LogP contribution in [-0.4, -0.2) is 9.97 Å². The second-order valence-electron chi connectivity index (χ2n) is 7.17. The smallest absolute Gasteiger partial charge is 0.227 e. The molecule has 0 amide bonds. The SMILES string of the molecule is Cc1ccc2c(n1)oc1c(-c3cc(-c4ccccn4)cc[n+]3C)c(C)ccc12. The number of hydrogen-bond acceptors (Lipinski definition) is 3. The van der Waals surface area contributed by atoms with Gasteiger partial charge in [0.25, 0.3) is 0 Å². The number of fused-ring (bicyclic) bond motifs is 3. The Morgan fingerprint density at radius 2 is 1.79 bits per heavy atom. The van der Waals surface area contributed by atoms with Gasteiger partial charge in [0.15, 0.2) is 11.8 Å². The van der Waals surface area contributed by atoms with Crippen LogP contribution < -0.4 is 4.57 Å². The molecule has 1 aromatic carbocycles. The van der Waals surface area contributed by atoms with Gasteiger partial charge in [-0.25, -0.2) is 9.55 Å². The minimum atomic E-state index is 0.686. The number of nitrogens with zero attached hydrogens (tertiary/aromatic N) is 3. The quantitative estimate of drug-likeness (QED) is 0.406. The summed E-state index contributed by atoms with van der Waals surface area (Å²) in [6.07, 6.45) is 3.89. The van der Waals surface area contributed by atoms with E-state index in [4.69, 9.17) is 4.42 Å². The number of benzene rings is 1. The molecule has 4 nitrogen and oxygen atoms in total. The molecule has 0 N–H and O–H groups in total. The number of rotatable bonds is 2. The Balaban J connectivity index is 1.82. The van der Waals surface area contributed by atoms with E-state index < -0.39 is 0 Å². The van der Waals surface area contributed by atoms with E-state index in [1.807, 2.05) is 37.4 Å². The predicted octanol–water partition coefficient (Wildman–Crippen LogP) is 5.15. The first-order valence-electron chi connectivity index (χ1n) is 9.33. The first kappa shape index (κ1) is 16.6. The van der Waals surface area contributed by atoms with E-state index >= 15 is 0 Å². The molecule has 4 aromatic heterocycles. The Hall–Kier alpha value is -3.53. The Bertz CT molecular complexity index is 1340. The van der Waals surface area contributed by atoms with Crippen molar-refractivity contribution in [3.05, 3.63) is 78.2 Å². The first-order valence-corrected chi connectivity index (χ1v) is 9.33. The van der Waals surface area contributed by atoms with E-state index in [1.54, 1.807) is 0 Å². The average molecular weight is 366 g/mol. The topological polar surface area (TPSA) is 42.8 Å². The molecule has 0 atom stereocenters. The molecular formula is C24H20N3O+. The summed E-state index contributed by atoms with van der Waals surface area (Å²) in [5.41, 5.74) is 7.89. The fourth-order valence-corrected chi connectivity index (χ4v) is 3.74. The molecule has 0 aliphatic rings. The molecule has 28 heavy (non-hydrogen) atoms. The van der Waals surface area contributed by atoms with Gasteiger partial charge in [-0.3, -0.25) is 4.98 Å². The van der Waals surface area contributed by atoms with Crippen molar-refractivity contribution in [1.82, 2.24) is 9.97 Å². The highest BCUT2D eigenvalue weighted by Crippen LogP contribution is 2.37. The molecule has 0 unspecified atom stereocenters. The van der Waals surface area contributed by atoms with Gasteiger partial charge in [-0.1, -0.05) is 18.2 Å². The van der Waals surface area contributed by atoms with Crippen molar-refractivity contribution < 1.29 is 8.98 Å². The average Bonchev–Trinajstić information content (AvgIpc) is 3.06. The van der Waals surface area contributed by atoms with Crippen LogP contribution in [0.15, 0.2) is 71.4 Å². The Labute approximate surface area is 163 Å². The zero-order valence-electron chi connectivity index (χ0n) is 16.1. The molecule has 4 heteroatoms. The molecule has 136 valence electrons. The standard InChI is InChI=1S/C24H20N3O/c1-15-7-9-18-19-10-8-16(2)26-24(19)28-23(18)22(15)21-14-17(11-13-27(21)3)20-6-4-5-12-25-20/h4-14H,1-3H3/q+1. The molecule has 0 aliphatic heterocycles. The van der Waals surface area contributed by atoms with Crippen molar-refractivity contribution in [3.63, 3.8) is 0 Å². The van der Waals surface area contributed by atoms with Crippen LogP contribution in [0.2, 0.25) is 0 Å². The van der Waals surface area contributed by atoms with Crippen molar-refractivity contribution in [3.8, 4) is 22.5 Å². The summed E-state index contributed by atoms with van der Waals surface area (Å²) in [7, 11) is 2.06. The third-order valence-corrected chi connectivity index (χ3v) is 5.22. The van der Waals surface area contributed by atoms with Crippen LogP contribution in [0.3, 0.4) is 0 Å². The largest absolute Gasteiger partial charge is 0.437 e. The van der Waals surface area contributed by atoms with Gasteiger partial charge >= 0.3 is 0 Å². The zero-order valence-corrected chi connectivity index (χ0v) is 16.1. The van der Waals surface area contributed by atoms with Crippen LogP contribution in [0.25, 0.3) is 44.6 Å². The molecule has 0 saturated heterocycles. The van der Waals surface area contributed by atoms with Crippen LogP contribution in [0.4, 0.5) is 0 Å². The number of furan rings is 1. The van der Waals surface area contributed by atoms with Crippen molar-refractivity contribution in [2.24, 2.45) is 7.05 Å². The van der Waals surface area contributed by atoms with Gasteiger partial charge in [0, 0.05) is 40.4 Å². The van der Waals surface area contributed by atoms with E-state index in [1.165, 1.54) is 0 Å². The molecule has 5 rings (SSSR count). The maximum atomic E-state index is 6.26. The van der Waals surface area contributed by atoms with Crippen LogP contribution in [-0.2, 0) is 7.05 Å². The van der Waals surface area contributed by atoms with Gasteiger partial charge in [0.2, 0.25) is 11.4 Å². The number of aromatic nitrogens is 3. The monoisotopic (exact) mass is 366 g/mol. The molecule has 0 aliphatic carbocycles. The second-order valence-corrected chi connectivity index (χ2v) is 7.17. The summed E-state index contributed by atoms with van der Waals surface area (Å²) in [5.74, 6) is 0. The predicted molar refractivity (Wildman–Crippen MR) is 111 cm³/mol. The van der Waals surface area contributed by atoms with E-state index in [0.29, 0.717) is 5.71 Å². The van der Waals surface area contributed by atoms with Crippen LogP contribution >= 0.6 is 0 Å². The zero-order chi connectivity index (χ0) is 19.3. The van der Waals surface area contributed by atoms with E-state index in [-0.39, 0.29) is 0 Å². The molecule has 0 radical (unpaired) electrons. The number of aryl methyl sites for hydroxylation is 3. The van der Waals surface area contributed by atoms with Crippen molar-refractivity contribution in [1.29, 1.82) is 0 Å². The van der Waals surface area contributed by atoms with Crippen molar-refractivity contribution in [2.75, 3.05) is 0 Å². The highest BCUT2D eigenvalue weighted by Gasteiger charge is 2.21. The van der Waals surface area contributed by atoms with Gasteiger partial charge in [-0.15, -0.1) is 0 Å². The van der Waals surface area contributed by atoms with E-state index in [2.05, 4.69) is 65.0 Å². The molecule has 5 aromatic rings. The lowest BCUT2D eigenvalue weighted by molar-refractivity contribution is -0.660. The lowest BCUT2D eigenvalue weighted by Gasteiger charge is -2.07. The molecular weight excluding hydrogens is 346 g/mol. The summed E-state index contributed by atoms with van der Waals surface area (Å²) in [4.78, 5) is 9.08. The molecule has 4 heterocycles. The maximum Gasteiger partial charge on any atom is 0.227 e. The summed E-state index contributed by atoms with van der Waals surface area (Å²) in [6, 6.07) is 18.6. The fraction of sp³-hybridized carbons (Fsp3) is 0.125. The van der Waals surface area contributed by atoms with Gasteiger partial charge in [0.1, 0.15) is 7.05 Å². The summed E-state index contributed by atoms with van der Waals surface area (Å²) in [5, 5.41) is 2.14. The third-order valence-electron chi connectivity index (χ3n) is 5.22. The van der Waals surface area contributed by atoms with Crippen LogP contribution in [0.5, 0.6) is 0 Å². The second kappa shape index (κ2) is 6.27. The number of hydrogen-bond donors (Lipinski definition) is 0. The van der Waals surface area contributed by atoms with E-state index in [9.17, 15) is 0 Å². The lowest BCUT2D eigenvalue weighted by atomic mass is 9.99. The Morgan fingerprint density at radius 3 is 2.61 bits per heavy atom. The Kier molecular flexibility index (Phi) is 3.72. The fourth-order valence-electron chi connectivity index (χ4n) is 3.74. The van der Waals surface area contributed by atoms with Crippen molar-refractivity contribution >= 4 is 22.1 Å².